The maximum Gasteiger partial charge on any atom is 0.323 e. The van der Waals surface area contributed by atoms with Gasteiger partial charge in [0.25, 0.3) is 0 Å². The number of carbonyl (C=O) groups excluding carboxylic acids is 1. The van der Waals surface area contributed by atoms with Crippen molar-refractivity contribution in [1.82, 2.24) is 0 Å². The molecule has 6 heteroatoms. The topological polar surface area (TPSA) is 102 Å². The molecule has 20 heavy (non-hydrogen) atoms. The van der Waals surface area contributed by atoms with Gasteiger partial charge in [-0.15, -0.1) is 0 Å². The number of ether oxygens (including phenoxy) is 2. The molecule has 1 aromatic rings. The molecule has 6 nitrogen and oxygen atoms in total. The third kappa shape index (κ3) is 5.46. The summed E-state index contributed by atoms with van der Waals surface area (Å²) in [6.07, 6.45) is 0.305. The van der Waals surface area contributed by atoms with Crippen molar-refractivity contribution in [3.8, 4) is 11.5 Å². The van der Waals surface area contributed by atoms with Crippen LogP contribution in [0.4, 0.5) is 0 Å². The highest BCUT2D eigenvalue weighted by Crippen LogP contribution is 2.25. The first kappa shape index (κ1) is 16.3. The Morgan fingerprint density at radius 1 is 1.25 bits per heavy atom. The van der Waals surface area contributed by atoms with Gasteiger partial charge >= 0.3 is 5.97 Å². The first-order valence-corrected chi connectivity index (χ1v) is 6.45. The van der Waals surface area contributed by atoms with Crippen LogP contribution in [0, 0.1) is 0 Å². The Kier molecular flexibility index (Phi) is 6.27. The molecular formula is C14H21NO5. The molecule has 1 unspecified atom stereocenters. The fourth-order valence-electron chi connectivity index (χ4n) is 1.57. The second-order valence-corrected chi connectivity index (χ2v) is 4.72. The van der Waals surface area contributed by atoms with Gasteiger partial charge in [-0.1, -0.05) is 6.07 Å². The molecule has 4 N–H and O–H groups in total. The number of esters is 1. The van der Waals surface area contributed by atoms with Gasteiger partial charge in [0.2, 0.25) is 0 Å². The number of aromatic hydroxyl groups is 2. The van der Waals surface area contributed by atoms with Gasteiger partial charge in [0.15, 0.2) is 11.5 Å². The van der Waals surface area contributed by atoms with E-state index in [0.29, 0.717) is 12.2 Å². The van der Waals surface area contributed by atoms with Crippen molar-refractivity contribution >= 4 is 5.97 Å². The van der Waals surface area contributed by atoms with E-state index in [4.69, 9.17) is 15.2 Å². The lowest BCUT2D eigenvalue weighted by Gasteiger charge is -2.13. The molecule has 0 saturated carbocycles. The minimum Gasteiger partial charge on any atom is -0.504 e. The molecule has 0 fully saturated rings. The number of nitrogens with two attached hydrogens (primary N) is 1. The Bertz CT molecular complexity index is 447. The lowest BCUT2D eigenvalue weighted by atomic mass is 10.1. The molecule has 112 valence electrons. The third-order valence-electron chi connectivity index (χ3n) is 2.58. The highest BCUT2D eigenvalue weighted by molar-refractivity contribution is 5.75. The van der Waals surface area contributed by atoms with Gasteiger partial charge in [-0.05, 0) is 38.0 Å². The van der Waals surface area contributed by atoms with Gasteiger partial charge in [0.1, 0.15) is 12.6 Å². The summed E-state index contributed by atoms with van der Waals surface area (Å²) in [6.45, 7) is 4.28. The summed E-state index contributed by atoms with van der Waals surface area (Å²) in [5.41, 5.74) is 6.36. The van der Waals surface area contributed by atoms with E-state index in [9.17, 15) is 15.0 Å². The van der Waals surface area contributed by atoms with Crippen molar-refractivity contribution < 1.29 is 24.5 Å². The average Bonchev–Trinajstić information content (AvgIpc) is 2.38. The lowest BCUT2D eigenvalue weighted by Crippen LogP contribution is -2.35. The molecule has 0 heterocycles. The molecule has 1 atom stereocenters. The van der Waals surface area contributed by atoms with E-state index in [1.54, 1.807) is 6.07 Å². The highest BCUT2D eigenvalue weighted by atomic mass is 16.6. The number of phenolic OH excluding ortho intramolecular Hbond substituents is 2. The Morgan fingerprint density at radius 2 is 1.95 bits per heavy atom. The number of phenols is 2. The molecule has 0 aliphatic rings. The zero-order valence-corrected chi connectivity index (χ0v) is 11.7. The van der Waals surface area contributed by atoms with E-state index < -0.39 is 12.0 Å². The second-order valence-electron chi connectivity index (χ2n) is 4.72. The normalized spacial score (nSPS) is 12.4. The standard InChI is InChI=1S/C14H21NO5/c1-9(2)19-5-6-20-14(18)11(15)7-10-3-4-12(16)13(17)8-10/h3-4,8-9,11,16-17H,5-7,15H2,1-2H3. The molecule has 0 spiro atoms. The SMILES string of the molecule is CC(C)OCCOC(=O)C(N)Cc1ccc(O)c(O)c1. The third-order valence-corrected chi connectivity index (χ3v) is 2.58. The minimum absolute atomic E-state index is 0.0855. The predicted molar refractivity (Wildman–Crippen MR) is 73.5 cm³/mol. The van der Waals surface area contributed by atoms with Gasteiger partial charge < -0.3 is 25.4 Å². The summed E-state index contributed by atoms with van der Waals surface area (Å²) in [5.74, 6) is -0.978. The summed E-state index contributed by atoms with van der Waals surface area (Å²) < 4.78 is 10.2. The van der Waals surface area contributed by atoms with Crippen LogP contribution in [-0.4, -0.2) is 41.5 Å². The van der Waals surface area contributed by atoms with Crippen LogP contribution >= 0.6 is 0 Å². The molecule has 0 aromatic heterocycles. The molecule has 0 bridgehead atoms. The molecule has 0 saturated heterocycles. The maximum atomic E-state index is 11.6. The van der Waals surface area contributed by atoms with E-state index in [1.807, 2.05) is 13.8 Å². The minimum atomic E-state index is -0.821. The molecule has 0 aliphatic heterocycles. The zero-order valence-electron chi connectivity index (χ0n) is 11.7. The Labute approximate surface area is 118 Å². The summed E-state index contributed by atoms with van der Waals surface area (Å²) in [4.78, 5) is 11.6. The van der Waals surface area contributed by atoms with Crippen LogP contribution in [0.2, 0.25) is 0 Å². The molecule has 1 aromatic carbocycles. The Balaban J connectivity index is 2.39. The number of carbonyl (C=O) groups is 1. The van der Waals surface area contributed by atoms with Crippen LogP contribution in [0.15, 0.2) is 18.2 Å². The first-order valence-electron chi connectivity index (χ1n) is 6.45. The number of benzene rings is 1. The lowest BCUT2D eigenvalue weighted by molar-refractivity contribution is -0.147. The van der Waals surface area contributed by atoms with Gasteiger partial charge in [0, 0.05) is 0 Å². The van der Waals surface area contributed by atoms with Gasteiger partial charge in [-0.2, -0.15) is 0 Å². The van der Waals surface area contributed by atoms with E-state index in [2.05, 4.69) is 0 Å². The highest BCUT2D eigenvalue weighted by Gasteiger charge is 2.16. The van der Waals surface area contributed by atoms with Crippen molar-refractivity contribution in [2.75, 3.05) is 13.2 Å². The summed E-state index contributed by atoms with van der Waals surface area (Å²) in [6, 6.07) is 3.48. The monoisotopic (exact) mass is 283 g/mol. The smallest absolute Gasteiger partial charge is 0.323 e. The van der Waals surface area contributed by atoms with E-state index in [0.717, 1.165) is 0 Å². The second kappa shape index (κ2) is 7.72. The van der Waals surface area contributed by atoms with Crippen molar-refractivity contribution in [1.29, 1.82) is 0 Å². The largest absolute Gasteiger partial charge is 0.504 e. The molecule has 0 amide bonds. The Hall–Kier alpha value is -1.79. The molecule has 0 radical (unpaired) electrons. The van der Waals surface area contributed by atoms with Crippen LogP contribution in [0.1, 0.15) is 19.4 Å². The quantitative estimate of drug-likeness (QED) is 0.391. The Morgan fingerprint density at radius 3 is 2.55 bits per heavy atom. The van der Waals surface area contributed by atoms with Crippen molar-refractivity contribution in [2.45, 2.75) is 32.4 Å². The molecule has 1 rings (SSSR count). The van der Waals surface area contributed by atoms with E-state index in [1.165, 1.54) is 12.1 Å². The summed E-state index contributed by atoms with van der Waals surface area (Å²) in [7, 11) is 0. The summed E-state index contributed by atoms with van der Waals surface area (Å²) >= 11 is 0. The molecule has 0 aliphatic carbocycles. The summed E-state index contributed by atoms with van der Waals surface area (Å²) in [5, 5.41) is 18.5. The van der Waals surface area contributed by atoms with Crippen LogP contribution in [0.3, 0.4) is 0 Å². The number of hydrogen-bond acceptors (Lipinski definition) is 6. The van der Waals surface area contributed by atoms with Crippen molar-refractivity contribution in [3.05, 3.63) is 23.8 Å². The number of rotatable bonds is 7. The van der Waals surface area contributed by atoms with E-state index in [-0.39, 0.29) is 30.6 Å². The predicted octanol–water partition coefficient (Wildman–Crippen LogP) is 0.936. The average molecular weight is 283 g/mol. The number of hydrogen-bond donors (Lipinski definition) is 3. The van der Waals surface area contributed by atoms with Crippen LogP contribution in [0.25, 0.3) is 0 Å². The van der Waals surface area contributed by atoms with Gasteiger partial charge in [-0.3, -0.25) is 4.79 Å². The maximum absolute atomic E-state index is 11.6. The molecular weight excluding hydrogens is 262 g/mol. The first-order chi connectivity index (χ1) is 9.40. The fourth-order valence-corrected chi connectivity index (χ4v) is 1.57. The van der Waals surface area contributed by atoms with Crippen LogP contribution < -0.4 is 5.73 Å². The van der Waals surface area contributed by atoms with Crippen LogP contribution in [0.5, 0.6) is 11.5 Å². The van der Waals surface area contributed by atoms with Gasteiger partial charge in [-0.25, -0.2) is 0 Å². The van der Waals surface area contributed by atoms with Crippen molar-refractivity contribution in [2.24, 2.45) is 5.73 Å². The van der Waals surface area contributed by atoms with Crippen molar-refractivity contribution in [3.63, 3.8) is 0 Å². The zero-order chi connectivity index (χ0) is 15.1. The van der Waals surface area contributed by atoms with Gasteiger partial charge in [0.05, 0.1) is 12.7 Å². The van der Waals surface area contributed by atoms with Crippen LogP contribution in [-0.2, 0) is 20.7 Å². The fraction of sp³-hybridized carbons (Fsp3) is 0.500. The van der Waals surface area contributed by atoms with E-state index >= 15 is 0 Å².